The second-order valence-corrected chi connectivity index (χ2v) is 6.57. The van der Waals surface area contributed by atoms with Crippen LogP contribution in [0.2, 0.25) is 0 Å². The first-order valence-corrected chi connectivity index (χ1v) is 8.22. The Morgan fingerprint density at radius 1 is 1.33 bits per heavy atom. The first-order valence-electron chi connectivity index (χ1n) is 7.43. The average Bonchev–Trinajstić information content (AvgIpc) is 3.11. The number of hydrogen-bond acceptors (Lipinski definition) is 3. The number of rotatable bonds is 3. The molecule has 1 N–H and O–H groups in total. The highest BCUT2D eigenvalue weighted by molar-refractivity contribution is 9.10. The molecule has 2 atom stereocenters. The summed E-state index contributed by atoms with van der Waals surface area (Å²) >= 11 is 3.32. The van der Waals surface area contributed by atoms with E-state index < -0.39 is 17.9 Å². The van der Waals surface area contributed by atoms with Crippen molar-refractivity contribution in [2.75, 3.05) is 6.54 Å². The molecule has 1 aliphatic heterocycles. The minimum absolute atomic E-state index is 0.206. The Morgan fingerprint density at radius 3 is 2.58 bits per heavy atom. The van der Waals surface area contributed by atoms with Gasteiger partial charge in [0.2, 0.25) is 0 Å². The van der Waals surface area contributed by atoms with Crippen molar-refractivity contribution in [3.8, 4) is 5.69 Å². The van der Waals surface area contributed by atoms with E-state index in [9.17, 15) is 19.1 Å². The van der Waals surface area contributed by atoms with Crippen LogP contribution in [-0.2, 0) is 4.79 Å². The molecule has 24 heavy (non-hydrogen) atoms. The standard InChI is InChI=1S/C16H15BrFN3O3/c1-9-12(16(23)24)6-7-20(9)15(22)14-13(17)8-21(19-14)11-4-2-10(18)3-5-11/h2-5,8-9,12H,6-7H2,1H3,(H,23,24). The van der Waals surface area contributed by atoms with Crippen LogP contribution in [0.1, 0.15) is 23.8 Å². The maximum Gasteiger partial charge on any atom is 0.308 e. The van der Waals surface area contributed by atoms with E-state index in [1.54, 1.807) is 25.3 Å². The second kappa shape index (κ2) is 6.35. The van der Waals surface area contributed by atoms with Gasteiger partial charge in [-0.3, -0.25) is 9.59 Å². The minimum Gasteiger partial charge on any atom is -0.481 e. The van der Waals surface area contributed by atoms with E-state index in [0.717, 1.165) is 0 Å². The first kappa shape index (κ1) is 16.6. The zero-order valence-electron chi connectivity index (χ0n) is 12.8. The van der Waals surface area contributed by atoms with Gasteiger partial charge in [-0.05, 0) is 53.5 Å². The largest absolute Gasteiger partial charge is 0.481 e. The molecule has 1 saturated heterocycles. The Morgan fingerprint density at radius 2 is 2.00 bits per heavy atom. The predicted octanol–water partition coefficient (Wildman–Crippen LogP) is 2.71. The third-order valence-corrected chi connectivity index (χ3v) is 4.88. The van der Waals surface area contributed by atoms with Crippen LogP contribution in [0, 0.1) is 11.7 Å². The van der Waals surface area contributed by atoms with Crippen LogP contribution in [0.5, 0.6) is 0 Å². The van der Waals surface area contributed by atoms with E-state index in [1.165, 1.54) is 21.7 Å². The van der Waals surface area contributed by atoms with Gasteiger partial charge in [0.15, 0.2) is 5.69 Å². The summed E-state index contributed by atoms with van der Waals surface area (Å²) < 4.78 is 15.0. The first-order chi connectivity index (χ1) is 11.4. The van der Waals surface area contributed by atoms with E-state index in [-0.39, 0.29) is 17.4 Å². The molecule has 1 amide bonds. The van der Waals surface area contributed by atoms with E-state index in [1.807, 2.05) is 0 Å². The van der Waals surface area contributed by atoms with Gasteiger partial charge in [-0.15, -0.1) is 0 Å². The summed E-state index contributed by atoms with van der Waals surface area (Å²) in [7, 11) is 0. The smallest absolute Gasteiger partial charge is 0.308 e. The molecule has 6 nitrogen and oxygen atoms in total. The highest BCUT2D eigenvalue weighted by Crippen LogP contribution is 2.28. The molecule has 126 valence electrons. The molecule has 2 heterocycles. The van der Waals surface area contributed by atoms with Gasteiger partial charge in [-0.25, -0.2) is 9.07 Å². The van der Waals surface area contributed by atoms with Crippen LogP contribution in [0.25, 0.3) is 5.69 Å². The van der Waals surface area contributed by atoms with E-state index in [4.69, 9.17) is 0 Å². The van der Waals surface area contributed by atoms with E-state index in [0.29, 0.717) is 23.1 Å². The quantitative estimate of drug-likeness (QED) is 0.866. The Balaban J connectivity index is 1.86. The van der Waals surface area contributed by atoms with Crippen molar-refractivity contribution in [2.24, 2.45) is 5.92 Å². The van der Waals surface area contributed by atoms with Crippen LogP contribution in [-0.4, -0.2) is 44.3 Å². The zero-order chi connectivity index (χ0) is 17.4. The Labute approximate surface area is 146 Å². The highest BCUT2D eigenvalue weighted by Gasteiger charge is 2.39. The summed E-state index contributed by atoms with van der Waals surface area (Å²) in [6, 6.07) is 5.35. The molecule has 1 aliphatic rings. The fourth-order valence-corrected chi connectivity index (χ4v) is 3.36. The fourth-order valence-electron chi connectivity index (χ4n) is 2.92. The van der Waals surface area contributed by atoms with Crippen LogP contribution >= 0.6 is 15.9 Å². The Hall–Kier alpha value is -2.22. The number of amides is 1. The van der Waals surface area contributed by atoms with Gasteiger partial charge >= 0.3 is 5.97 Å². The lowest BCUT2D eigenvalue weighted by Crippen LogP contribution is -2.38. The topological polar surface area (TPSA) is 75.4 Å². The molecular weight excluding hydrogens is 381 g/mol. The molecule has 0 saturated carbocycles. The van der Waals surface area contributed by atoms with Gasteiger partial charge in [0.1, 0.15) is 5.82 Å². The van der Waals surface area contributed by atoms with Crippen molar-refractivity contribution in [3.05, 3.63) is 46.4 Å². The lowest BCUT2D eigenvalue weighted by Gasteiger charge is -2.22. The second-order valence-electron chi connectivity index (χ2n) is 5.72. The van der Waals surface area contributed by atoms with Crippen molar-refractivity contribution in [2.45, 2.75) is 19.4 Å². The van der Waals surface area contributed by atoms with Crippen molar-refractivity contribution < 1.29 is 19.1 Å². The number of halogens is 2. The monoisotopic (exact) mass is 395 g/mol. The van der Waals surface area contributed by atoms with E-state index in [2.05, 4.69) is 21.0 Å². The molecule has 0 radical (unpaired) electrons. The molecule has 3 rings (SSSR count). The maximum absolute atomic E-state index is 13.0. The number of aliphatic carboxylic acids is 1. The van der Waals surface area contributed by atoms with Crippen LogP contribution in [0.4, 0.5) is 4.39 Å². The summed E-state index contributed by atoms with van der Waals surface area (Å²) in [6.45, 7) is 2.11. The Bertz CT molecular complexity index is 790. The predicted molar refractivity (Wildman–Crippen MR) is 87.5 cm³/mol. The van der Waals surface area contributed by atoms with Gasteiger partial charge in [0.05, 0.1) is 16.1 Å². The third-order valence-electron chi connectivity index (χ3n) is 4.30. The number of carboxylic acid groups (broad SMARTS) is 1. The van der Waals surface area contributed by atoms with Crippen molar-refractivity contribution in [1.29, 1.82) is 0 Å². The number of hydrogen-bond donors (Lipinski definition) is 1. The molecule has 2 aromatic rings. The molecule has 2 unspecified atom stereocenters. The van der Waals surface area contributed by atoms with Crippen molar-refractivity contribution >= 4 is 27.8 Å². The van der Waals surface area contributed by atoms with Gasteiger partial charge in [0, 0.05) is 18.8 Å². The number of nitrogens with zero attached hydrogens (tertiary/aromatic N) is 3. The number of aromatic nitrogens is 2. The summed E-state index contributed by atoms with van der Waals surface area (Å²) in [5.41, 5.74) is 0.825. The molecule has 0 aliphatic carbocycles. The SMILES string of the molecule is CC1C(C(=O)O)CCN1C(=O)c1nn(-c2ccc(F)cc2)cc1Br. The van der Waals surface area contributed by atoms with Crippen LogP contribution < -0.4 is 0 Å². The summed E-state index contributed by atoms with van der Waals surface area (Å²) in [4.78, 5) is 25.4. The minimum atomic E-state index is -0.895. The Kier molecular flexibility index (Phi) is 4.40. The van der Waals surface area contributed by atoms with Crippen LogP contribution in [0.3, 0.4) is 0 Å². The van der Waals surface area contributed by atoms with Crippen molar-refractivity contribution in [3.63, 3.8) is 0 Å². The van der Waals surface area contributed by atoms with Gasteiger partial charge in [0.25, 0.3) is 5.91 Å². The highest BCUT2D eigenvalue weighted by atomic mass is 79.9. The van der Waals surface area contributed by atoms with Crippen LogP contribution in [0.15, 0.2) is 34.9 Å². The van der Waals surface area contributed by atoms with Gasteiger partial charge in [-0.2, -0.15) is 5.10 Å². The van der Waals surface area contributed by atoms with E-state index >= 15 is 0 Å². The molecule has 1 aromatic carbocycles. The summed E-state index contributed by atoms with van der Waals surface area (Å²) in [5.74, 6) is -2.13. The molecule has 8 heteroatoms. The summed E-state index contributed by atoms with van der Waals surface area (Å²) in [5, 5.41) is 13.5. The summed E-state index contributed by atoms with van der Waals surface area (Å²) in [6.07, 6.45) is 2.05. The van der Waals surface area contributed by atoms with Gasteiger partial charge in [-0.1, -0.05) is 0 Å². The number of carbonyl (C=O) groups excluding carboxylic acids is 1. The fraction of sp³-hybridized carbons (Fsp3) is 0.312. The zero-order valence-corrected chi connectivity index (χ0v) is 14.4. The number of likely N-dealkylation sites (tertiary alicyclic amines) is 1. The molecule has 1 fully saturated rings. The molecule has 0 bridgehead atoms. The van der Waals surface area contributed by atoms with Crippen molar-refractivity contribution in [1.82, 2.24) is 14.7 Å². The number of carboxylic acids is 1. The number of carbonyl (C=O) groups is 2. The molecule has 1 aromatic heterocycles. The van der Waals surface area contributed by atoms with Gasteiger partial charge < -0.3 is 10.0 Å². The lowest BCUT2D eigenvalue weighted by molar-refractivity contribution is -0.142. The normalized spacial score (nSPS) is 20.4. The molecule has 0 spiro atoms. The molecular formula is C16H15BrFN3O3. The average molecular weight is 396 g/mol. The number of benzene rings is 1. The third kappa shape index (κ3) is 2.93. The lowest BCUT2D eigenvalue weighted by atomic mass is 10.0. The maximum atomic E-state index is 13.0.